The van der Waals surface area contributed by atoms with Crippen LogP contribution in [-0.4, -0.2) is 12.7 Å². The average molecular weight is 241 g/mol. The number of benzene rings is 1. The van der Waals surface area contributed by atoms with Gasteiger partial charge in [0, 0.05) is 12.6 Å². The fourth-order valence-electron chi connectivity index (χ4n) is 1.85. The van der Waals surface area contributed by atoms with Crippen molar-refractivity contribution in [1.82, 2.24) is 5.32 Å². The van der Waals surface area contributed by atoms with Gasteiger partial charge in [0.15, 0.2) is 0 Å². The number of nitrogens with one attached hydrogen (secondary N) is 1. The molecule has 1 aliphatic carbocycles. The number of alkyl halides is 2. The van der Waals surface area contributed by atoms with Gasteiger partial charge in [0.1, 0.15) is 5.75 Å². The standard InChI is InChI=1S/C13H17F2NO/c1-13(2)7-11(13)16-8-9-3-5-10(6-4-9)17-12(14)15/h3-6,11-12,16H,7-8H2,1-2H3. The van der Waals surface area contributed by atoms with E-state index in [4.69, 9.17) is 0 Å². The lowest BCUT2D eigenvalue weighted by Gasteiger charge is -2.08. The quantitative estimate of drug-likeness (QED) is 0.854. The second-order valence-corrected chi connectivity index (χ2v) is 5.15. The summed E-state index contributed by atoms with van der Waals surface area (Å²) in [6.07, 6.45) is 1.19. The molecule has 1 unspecified atom stereocenters. The first-order valence-corrected chi connectivity index (χ1v) is 5.74. The molecule has 17 heavy (non-hydrogen) atoms. The Labute approximate surface area is 100.0 Å². The summed E-state index contributed by atoms with van der Waals surface area (Å²) in [4.78, 5) is 0. The summed E-state index contributed by atoms with van der Waals surface area (Å²) in [5.41, 5.74) is 1.48. The van der Waals surface area contributed by atoms with Crippen LogP contribution < -0.4 is 10.1 Å². The fraction of sp³-hybridized carbons (Fsp3) is 0.538. The van der Waals surface area contributed by atoms with Crippen LogP contribution in [0.5, 0.6) is 5.75 Å². The van der Waals surface area contributed by atoms with Crippen LogP contribution in [0.2, 0.25) is 0 Å². The number of rotatable bonds is 5. The first-order valence-electron chi connectivity index (χ1n) is 5.74. The van der Waals surface area contributed by atoms with Gasteiger partial charge in [0.25, 0.3) is 0 Å². The maximum Gasteiger partial charge on any atom is 0.387 e. The van der Waals surface area contributed by atoms with Gasteiger partial charge in [0.2, 0.25) is 0 Å². The molecule has 0 amide bonds. The van der Waals surface area contributed by atoms with Gasteiger partial charge in [-0.2, -0.15) is 8.78 Å². The van der Waals surface area contributed by atoms with Gasteiger partial charge in [-0.05, 0) is 29.5 Å². The highest BCUT2D eigenvalue weighted by Crippen LogP contribution is 2.44. The molecule has 0 radical (unpaired) electrons. The van der Waals surface area contributed by atoms with Crippen molar-refractivity contribution in [3.8, 4) is 5.75 Å². The lowest BCUT2D eigenvalue weighted by molar-refractivity contribution is -0.0498. The van der Waals surface area contributed by atoms with Gasteiger partial charge < -0.3 is 10.1 Å². The molecular weight excluding hydrogens is 224 g/mol. The van der Waals surface area contributed by atoms with E-state index >= 15 is 0 Å². The Hall–Kier alpha value is -1.16. The Morgan fingerprint density at radius 2 is 1.94 bits per heavy atom. The van der Waals surface area contributed by atoms with Gasteiger partial charge in [-0.25, -0.2) is 0 Å². The first kappa shape index (κ1) is 12.3. The Morgan fingerprint density at radius 3 is 2.41 bits per heavy atom. The first-order chi connectivity index (χ1) is 7.97. The summed E-state index contributed by atoms with van der Waals surface area (Å²) in [5, 5.41) is 3.43. The Kier molecular flexibility index (Phi) is 3.33. The molecular formula is C13H17F2NO. The summed E-state index contributed by atoms with van der Waals surface area (Å²) in [6, 6.07) is 7.32. The predicted octanol–water partition coefficient (Wildman–Crippen LogP) is 3.18. The lowest BCUT2D eigenvalue weighted by atomic mass is 10.2. The van der Waals surface area contributed by atoms with Crippen molar-refractivity contribution in [3.63, 3.8) is 0 Å². The van der Waals surface area contributed by atoms with E-state index in [0.717, 1.165) is 12.1 Å². The maximum atomic E-state index is 11.9. The van der Waals surface area contributed by atoms with E-state index < -0.39 is 6.61 Å². The molecule has 0 spiro atoms. The molecule has 1 aliphatic rings. The highest BCUT2D eigenvalue weighted by atomic mass is 19.3. The van der Waals surface area contributed by atoms with Gasteiger partial charge >= 0.3 is 6.61 Å². The number of halogens is 2. The molecule has 1 N–H and O–H groups in total. The van der Waals surface area contributed by atoms with Crippen LogP contribution >= 0.6 is 0 Å². The molecule has 1 aromatic rings. The van der Waals surface area contributed by atoms with Gasteiger partial charge in [-0.1, -0.05) is 26.0 Å². The molecule has 1 aromatic carbocycles. The molecule has 0 aliphatic heterocycles. The van der Waals surface area contributed by atoms with Crippen molar-refractivity contribution in [1.29, 1.82) is 0 Å². The van der Waals surface area contributed by atoms with Crippen LogP contribution in [0.25, 0.3) is 0 Å². The number of ether oxygens (including phenoxy) is 1. The minimum Gasteiger partial charge on any atom is -0.435 e. The molecule has 4 heteroatoms. The normalized spacial score (nSPS) is 21.6. The molecule has 2 nitrogen and oxygen atoms in total. The Balaban J connectivity index is 1.82. The van der Waals surface area contributed by atoms with Crippen molar-refractivity contribution in [2.45, 2.75) is 39.5 Å². The summed E-state index contributed by atoms with van der Waals surface area (Å²) < 4.78 is 28.2. The molecule has 0 aromatic heterocycles. The summed E-state index contributed by atoms with van der Waals surface area (Å²) in [6.45, 7) is 2.46. The minimum atomic E-state index is -2.76. The molecule has 1 fully saturated rings. The smallest absolute Gasteiger partial charge is 0.387 e. The SMILES string of the molecule is CC1(C)CC1NCc1ccc(OC(F)F)cc1. The van der Waals surface area contributed by atoms with Crippen LogP contribution in [-0.2, 0) is 6.54 Å². The maximum absolute atomic E-state index is 11.9. The molecule has 1 saturated carbocycles. The fourth-order valence-corrected chi connectivity index (χ4v) is 1.85. The third kappa shape index (κ3) is 3.40. The van der Waals surface area contributed by atoms with Crippen molar-refractivity contribution < 1.29 is 13.5 Å². The van der Waals surface area contributed by atoms with Crippen LogP contribution in [0.15, 0.2) is 24.3 Å². The van der Waals surface area contributed by atoms with Crippen LogP contribution in [0.4, 0.5) is 8.78 Å². The van der Waals surface area contributed by atoms with Crippen molar-refractivity contribution in [2.75, 3.05) is 0 Å². The van der Waals surface area contributed by atoms with Crippen LogP contribution in [0, 0.1) is 5.41 Å². The van der Waals surface area contributed by atoms with Gasteiger partial charge in [0.05, 0.1) is 0 Å². The van der Waals surface area contributed by atoms with Crippen LogP contribution in [0.3, 0.4) is 0 Å². The Morgan fingerprint density at radius 1 is 1.35 bits per heavy atom. The van der Waals surface area contributed by atoms with E-state index in [1.165, 1.54) is 6.42 Å². The molecule has 0 heterocycles. The number of hydrogen-bond acceptors (Lipinski definition) is 2. The largest absolute Gasteiger partial charge is 0.435 e. The van der Waals surface area contributed by atoms with E-state index in [0.29, 0.717) is 11.5 Å². The zero-order valence-electron chi connectivity index (χ0n) is 10.0. The highest BCUT2D eigenvalue weighted by molar-refractivity contribution is 5.27. The highest BCUT2D eigenvalue weighted by Gasteiger charge is 2.44. The summed E-state index contributed by atoms with van der Waals surface area (Å²) in [5.74, 6) is 0.204. The molecule has 0 bridgehead atoms. The van der Waals surface area contributed by atoms with E-state index in [9.17, 15) is 8.78 Å². The van der Waals surface area contributed by atoms with E-state index in [1.54, 1.807) is 24.3 Å². The zero-order chi connectivity index (χ0) is 12.5. The van der Waals surface area contributed by atoms with Crippen LogP contribution in [0.1, 0.15) is 25.8 Å². The lowest BCUT2D eigenvalue weighted by Crippen LogP contribution is -2.19. The second kappa shape index (κ2) is 4.61. The van der Waals surface area contributed by atoms with Gasteiger partial charge in [-0.3, -0.25) is 0 Å². The van der Waals surface area contributed by atoms with E-state index in [1.807, 2.05) is 0 Å². The monoisotopic (exact) mass is 241 g/mol. The second-order valence-electron chi connectivity index (χ2n) is 5.15. The molecule has 94 valence electrons. The van der Waals surface area contributed by atoms with E-state index in [2.05, 4.69) is 23.9 Å². The Bertz CT molecular complexity index is 376. The van der Waals surface area contributed by atoms with Crippen molar-refractivity contribution >= 4 is 0 Å². The number of hydrogen-bond donors (Lipinski definition) is 1. The average Bonchev–Trinajstić information content (AvgIpc) is 2.85. The topological polar surface area (TPSA) is 21.3 Å². The summed E-state index contributed by atoms with van der Waals surface area (Å²) in [7, 11) is 0. The predicted molar refractivity (Wildman–Crippen MR) is 62.1 cm³/mol. The minimum absolute atomic E-state index is 0.204. The van der Waals surface area contributed by atoms with E-state index in [-0.39, 0.29) is 5.75 Å². The third-order valence-electron chi connectivity index (χ3n) is 3.21. The molecule has 1 atom stereocenters. The van der Waals surface area contributed by atoms with Gasteiger partial charge in [-0.15, -0.1) is 0 Å². The molecule has 2 rings (SSSR count). The third-order valence-corrected chi connectivity index (χ3v) is 3.21. The summed E-state index contributed by atoms with van der Waals surface area (Å²) >= 11 is 0. The van der Waals surface area contributed by atoms with Crippen molar-refractivity contribution in [2.24, 2.45) is 5.41 Å². The zero-order valence-corrected chi connectivity index (χ0v) is 10.0. The van der Waals surface area contributed by atoms with Crippen molar-refractivity contribution in [3.05, 3.63) is 29.8 Å². The molecule has 0 saturated heterocycles.